The van der Waals surface area contributed by atoms with E-state index in [1.54, 1.807) is 29.8 Å². The molecule has 0 bridgehead atoms. The van der Waals surface area contributed by atoms with Crippen LogP contribution < -0.4 is 14.8 Å². The summed E-state index contributed by atoms with van der Waals surface area (Å²) in [4.78, 5) is 16.8. The Hall–Kier alpha value is -2.87. The van der Waals surface area contributed by atoms with Crippen molar-refractivity contribution in [1.82, 2.24) is 9.55 Å². The van der Waals surface area contributed by atoms with Crippen LogP contribution in [-0.4, -0.2) is 29.2 Å². The Labute approximate surface area is 152 Å². The number of nitrogens with zero attached hydrogens (tertiary/aromatic N) is 2. The predicted octanol–water partition coefficient (Wildman–Crippen LogP) is 4.09. The van der Waals surface area contributed by atoms with E-state index in [0.29, 0.717) is 16.5 Å². The molecule has 9 heteroatoms. The first kappa shape index (κ1) is 17.9. The Kier molecular flexibility index (Phi) is 4.94. The molecule has 0 fully saturated rings. The topological polar surface area (TPSA) is 65.4 Å². The number of halogens is 3. The second kappa shape index (κ2) is 7.17. The highest BCUT2D eigenvalue weighted by molar-refractivity contribution is 6.31. The van der Waals surface area contributed by atoms with Gasteiger partial charge in [-0.25, -0.2) is 4.98 Å². The monoisotopic (exact) mass is 381 g/mol. The van der Waals surface area contributed by atoms with Gasteiger partial charge in [-0.15, -0.1) is 0 Å². The normalized spacial score (nSPS) is 11.0. The number of methoxy groups -OCH3 is 1. The van der Waals surface area contributed by atoms with E-state index in [1.807, 2.05) is 0 Å². The number of aromatic nitrogens is 2. The summed E-state index contributed by atoms with van der Waals surface area (Å²) in [7, 11) is 3.05. The van der Waals surface area contributed by atoms with Gasteiger partial charge in [0.25, 0.3) is 5.91 Å². The number of amides is 1. The fourth-order valence-corrected chi connectivity index (χ4v) is 2.63. The van der Waals surface area contributed by atoms with Crippen molar-refractivity contribution in [3.63, 3.8) is 0 Å². The molecular formula is C17H14ClF2N3O3. The van der Waals surface area contributed by atoms with Crippen molar-refractivity contribution in [3.8, 4) is 11.5 Å². The fourth-order valence-electron chi connectivity index (χ4n) is 2.46. The van der Waals surface area contributed by atoms with Gasteiger partial charge in [0.1, 0.15) is 0 Å². The molecule has 0 unspecified atom stereocenters. The van der Waals surface area contributed by atoms with Crippen molar-refractivity contribution in [2.24, 2.45) is 7.05 Å². The molecule has 0 atom stereocenters. The number of anilines is 1. The maximum absolute atomic E-state index is 12.5. The Morgan fingerprint density at radius 2 is 2.00 bits per heavy atom. The molecule has 0 aliphatic heterocycles. The van der Waals surface area contributed by atoms with Crippen LogP contribution in [0.3, 0.4) is 0 Å². The molecule has 26 heavy (non-hydrogen) atoms. The van der Waals surface area contributed by atoms with E-state index >= 15 is 0 Å². The largest absolute Gasteiger partial charge is 0.493 e. The van der Waals surface area contributed by atoms with E-state index in [-0.39, 0.29) is 17.1 Å². The Bertz CT molecular complexity index is 975. The van der Waals surface area contributed by atoms with Crippen LogP contribution in [0.1, 0.15) is 10.4 Å². The highest BCUT2D eigenvalue weighted by atomic mass is 35.5. The summed E-state index contributed by atoms with van der Waals surface area (Å²) in [6, 6.07) is 9.12. The summed E-state index contributed by atoms with van der Waals surface area (Å²) in [5.74, 6) is -0.290. The summed E-state index contributed by atoms with van der Waals surface area (Å²) in [5.41, 5.74) is 1.63. The van der Waals surface area contributed by atoms with Crippen LogP contribution in [0.4, 0.5) is 14.7 Å². The first-order chi connectivity index (χ1) is 12.4. The number of hydrogen-bond acceptors (Lipinski definition) is 4. The number of rotatable bonds is 5. The van der Waals surface area contributed by atoms with Crippen LogP contribution in [0.25, 0.3) is 11.0 Å². The third kappa shape index (κ3) is 3.55. The molecule has 1 N–H and O–H groups in total. The van der Waals surface area contributed by atoms with Crippen LogP contribution in [0.2, 0.25) is 5.02 Å². The molecule has 0 aliphatic carbocycles. The van der Waals surface area contributed by atoms with E-state index in [9.17, 15) is 13.6 Å². The second-order valence-electron chi connectivity index (χ2n) is 5.33. The van der Waals surface area contributed by atoms with Gasteiger partial charge in [0.2, 0.25) is 5.95 Å². The SMILES string of the molecule is COc1cc(C(=O)Nc2nc3cc(Cl)ccc3n2C)ccc1OC(F)F. The summed E-state index contributed by atoms with van der Waals surface area (Å²) >= 11 is 5.95. The van der Waals surface area contributed by atoms with Gasteiger partial charge < -0.3 is 14.0 Å². The van der Waals surface area contributed by atoms with E-state index < -0.39 is 12.5 Å². The molecule has 3 aromatic rings. The number of benzene rings is 2. The smallest absolute Gasteiger partial charge is 0.387 e. The van der Waals surface area contributed by atoms with Crippen molar-refractivity contribution in [3.05, 3.63) is 47.0 Å². The third-order valence-electron chi connectivity index (χ3n) is 3.71. The van der Waals surface area contributed by atoms with Gasteiger partial charge in [-0.3, -0.25) is 10.1 Å². The second-order valence-corrected chi connectivity index (χ2v) is 5.76. The predicted molar refractivity (Wildman–Crippen MR) is 93.3 cm³/mol. The van der Waals surface area contributed by atoms with Crippen molar-refractivity contribution in [2.45, 2.75) is 6.61 Å². The lowest BCUT2D eigenvalue weighted by atomic mass is 10.2. The number of alkyl halides is 2. The van der Waals surface area contributed by atoms with E-state index in [4.69, 9.17) is 16.3 Å². The maximum atomic E-state index is 12.5. The lowest BCUT2D eigenvalue weighted by molar-refractivity contribution is -0.0512. The highest BCUT2D eigenvalue weighted by Crippen LogP contribution is 2.30. The molecule has 0 saturated carbocycles. The highest BCUT2D eigenvalue weighted by Gasteiger charge is 2.16. The molecule has 3 rings (SSSR count). The maximum Gasteiger partial charge on any atom is 0.387 e. The van der Waals surface area contributed by atoms with Crippen molar-refractivity contribution >= 4 is 34.5 Å². The number of ether oxygens (including phenoxy) is 2. The number of hydrogen-bond donors (Lipinski definition) is 1. The average molecular weight is 382 g/mol. The summed E-state index contributed by atoms with van der Waals surface area (Å²) in [6.07, 6.45) is 0. The molecule has 6 nitrogen and oxygen atoms in total. The van der Waals surface area contributed by atoms with Crippen LogP contribution in [-0.2, 0) is 7.05 Å². The van der Waals surface area contributed by atoms with Crippen LogP contribution >= 0.6 is 11.6 Å². The molecule has 1 amide bonds. The van der Waals surface area contributed by atoms with Crippen molar-refractivity contribution in [2.75, 3.05) is 12.4 Å². The third-order valence-corrected chi connectivity index (χ3v) is 3.95. The van der Waals surface area contributed by atoms with Crippen LogP contribution in [0, 0.1) is 0 Å². The lowest BCUT2D eigenvalue weighted by Crippen LogP contribution is -2.15. The van der Waals surface area contributed by atoms with Gasteiger partial charge in [-0.05, 0) is 36.4 Å². The minimum atomic E-state index is -2.99. The number of aryl methyl sites for hydroxylation is 1. The van der Waals surface area contributed by atoms with Crippen molar-refractivity contribution < 1.29 is 23.0 Å². The molecule has 1 heterocycles. The van der Waals surface area contributed by atoms with Gasteiger partial charge in [0.15, 0.2) is 11.5 Å². The van der Waals surface area contributed by atoms with Gasteiger partial charge in [0, 0.05) is 17.6 Å². The van der Waals surface area contributed by atoms with Crippen LogP contribution in [0.15, 0.2) is 36.4 Å². The molecule has 1 aromatic heterocycles. The van der Waals surface area contributed by atoms with Crippen LogP contribution in [0.5, 0.6) is 11.5 Å². The average Bonchev–Trinajstić information content (AvgIpc) is 2.89. The van der Waals surface area contributed by atoms with Gasteiger partial charge in [-0.2, -0.15) is 8.78 Å². The number of carbonyl (C=O) groups is 1. The first-order valence-electron chi connectivity index (χ1n) is 7.45. The molecule has 0 saturated heterocycles. The quantitative estimate of drug-likeness (QED) is 0.723. The zero-order valence-corrected chi connectivity index (χ0v) is 14.6. The van der Waals surface area contributed by atoms with E-state index in [2.05, 4.69) is 15.0 Å². The zero-order chi connectivity index (χ0) is 18.8. The molecule has 0 aliphatic rings. The molecule has 2 aromatic carbocycles. The lowest BCUT2D eigenvalue weighted by Gasteiger charge is -2.11. The minimum Gasteiger partial charge on any atom is -0.493 e. The Morgan fingerprint density at radius 1 is 1.23 bits per heavy atom. The van der Waals surface area contributed by atoms with E-state index in [0.717, 1.165) is 5.52 Å². The number of imidazole rings is 1. The Balaban J connectivity index is 1.87. The molecule has 136 valence electrons. The minimum absolute atomic E-state index is 0.0229. The summed E-state index contributed by atoms with van der Waals surface area (Å²) < 4.78 is 35.8. The summed E-state index contributed by atoms with van der Waals surface area (Å²) in [6.45, 7) is -2.99. The Morgan fingerprint density at radius 3 is 2.69 bits per heavy atom. The van der Waals surface area contributed by atoms with Gasteiger partial charge in [0.05, 0.1) is 18.1 Å². The molecule has 0 spiro atoms. The van der Waals surface area contributed by atoms with Gasteiger partial charge in [-0.1, -0.05) is 11.6 Å². The van der Waals surface area contributed by atoms with E-state index in [1.165, 1.54) is 25.3 Å². The molecule has 0 radical (unpaired) electrons. The van der Waals surface area contributed by atoms with Gasteiger partial charge >= 0.3 is 6.61 Å². The number of carbonyl (C=O) groups excluding carboxylic acids is 1. The number of nitrogens with one attached hydrogen (secondary N) is 1. The first-order valence-corrected chi connectivity index (χ1v) is 7.83. The fraction of sp³-hybridized carbons (Fsp3) is 0.176. The zero-order valence-electron chi connectivity index (χ0n) is 13.8. The molecular weight excluding hydrogens is 368 g/mol. The number of fused-ring (bicyclic) bond motifs is 1. The standard InChI is InChI=1S/C17H14ClF2N3O3/c1-23-12-5-4-10(18)8-11(12)21-17(23)22-15(24)9-3-6-13(26-16(19)20)14(7-9)25-2/h3-8,16H,1-2H3,(H,21,22,24). The summed E-state index contributed by atoms with van der Waals surface area (Å²) in [5, 5.41) is 3.21. The van der Waals surface area contributed by atoms with Crippen molar-refractivity contribution in [1.29, 1.82) is 0 Å².